The third kappa shape index (κ3) is 4.81. The van der Waals surface area contributed by atoms with E-state index in [0.29, 0.717) is 23.6 Å². The third-order valence-corrected chi connectivity index (χ3v) is 6.26. The lowest BCUT2D eigenvalue weighted by atomic mass is 10.0. The van der Waals surface area contributed by atoms with E-state index in [4.69, 9.17) is 5.73 Å². The number of nitrogens with zero attached hydrogens (tertiary/aromatic N) is 1. The van der Waals surface area contributed by atoms with E-state index in [-0.39, 0.29) is 5.91 Å². The average molecular weight is 378 g/mol. The van der Waals surface area contributed by atoms with Crippen molar-refractivity contribution in [1.29, 1.82) is 0 Å². The molecular weight excluding hydrogens is 346 g/mol. The molecule has 4 rings (SSSR count). The molecule has 0 spiro atoms. The van der Waals surface area contributed by atoms with Crippen LogP contribution in [0.25, 0.3) is 0 Å². The van der Waals surface area contributed by atoms with Gasteiger partial charge in [0.2, 0.25) is 5.91 Å². The summed E-state index contributed by atoms with van der Waals surface area (Å²) in [5.41, 5.74) is 8.71. The molecule has 4 heteroatoms. The zero-order chi connectivity index (χ0) is 19.3. The van der Waals surface area contributed by atoms with Crippen LogP contribution in [0.4, 0.5) is 0 Å². The van der Waals surface area contributed by atoms with Crippen molar-refractivity contribution < 1.29 is 4.79 Å². The molecule has 28 heavy (non-hydrogen) atoms. The fraction of sp³-hybridized carbons (Fsp3) is 0.458. The summed E-state index contributed by atoms with van der Waals surface area (Å²) in [5, 5.41) is 3.89. The van der Waals surface area contributed by atoms with Crippen LogP contribution in [-0.4, -0.2) is 42.5 Å². The summed E-state index contributed by atoms with van der Waals surface area (Å²) in [4.78, 5) is 14.1. The second-order valence-electron chi connectivity index (χ2n) is 8.27. The van der Waals surface area contributed by atoms with Gasteiger partial charge in [-0.05, 0) is 68.9 Å². The first kappa shape index (κ1) is 19.2. The quantitative estimate of drug-likeness (QED) is 0.742. The van der Waals surface area contributed by atoms with Crippen molar-refractivity contribution in [3.05, 3.63) is 71.3 Å². The van der Waals surface area contributed by atoms with Crippen LogP contribution in [0.5, 0.6) is 0 Å². The van der Waals surface area contributed by atoms with Crippen molar-refractivity contribution in [1.82, 2.24) is 10.2 Å². The molecule has 0 aromatic heterocycles. The minimum atomic E-state index is -0.323. The SMILES string of the molecule is NC(=O)c1ccccc1CCCN1CCC(NC2CC2c2ccccc2)CC1. The fourth-order valence-electron chi connectivity index (χ4n) is 4.55. The Labute approximate surface area is 168 Å². The van der Waals surface area contributed by atoms with Gasteiger partial charge in [-0.15, -0.1) is 0 Å². The third-order valence-electron chi connectivity index (χ3n) is 6.26. The van der Waals surface area contributed by atoms with Gasteiger partial charge in [0, 0.05) is 23.6 Å². The van der Waals surface area contributed by atoms with Crippen molar-refractivity contribution in [3.63, 3.8) is 0 Å². The molecule has 2 aliphatic rings. The lowest BCUT2D eigenvalue weighted by Crippen LogP contribution is -2.43. The van der Waals surface area contributed by atoms with Gasteiger partial charge in [-0.3, -0.25) is 4.79 Å². The molecule has 1 aliphatic carbocycles. The Morgan fingerprint density at radius 3 is 2.50 bits per heavy atom. The number of rotatable bonds is 8. The van der Waals surface area contributed by atoms with Gasteiger partial charge in [0.05, 0.1) is 0 Å². The minimum absolute atomic E-state index is 0.323. The predicted octanol–water partition coefficient (Wildman–Crippen LogP) is 3.33. The molecule has 4 nitrogen and oxygen atoms in total. The highest BCUT2D eigenvalue weighted by Gasteiger charge is 2.39. The maximum atomic E-state index is 11.5. The lowest BCUT2D eigenvalue weighted by Gasteiger charge is -2.32. The zero-order valence-electron chi connectivity index (χ0n) is 16.5. The summed E-state index contributed by atoms with van der Waals surface area (Å²) < 4.78 is 0. The topological polar surface area (TPSA) is 58.4 Å². The Morgan fingerprint density at radius 1 is 1.04 bits per heavy atom. The Hall–Kier alpha value is -2.17. The van der Waals surface area contributed by atoms with Crippen molar-refractivity contribution in [3.8, 4) is 0 Å². The van der Waals surface area contributed by atoms with Gasteiger partial charge in [-0.25, -0.2) is 0 Å². The van der Waals surface area contributed by atoms with Crippen LogP contribution in [0.3, 0.4) is 0 Å². The molecule has 2 unspecified atom stereocenters. The molecular formula is C24H31N3O. The number of amides is 1. The Balaban J connectivity index is 1.16. The number of hydrogen-bond donors (Lipinski definition) is 2. The van der Waals surface area contributed by atoms with Crippen LogP contribution in [0.2, 0.25) is 0 Å². The summed E-state index contributed by atoms with van der Waals surface area (Å²) in [6, 6.07) is 19.9. The van der Waals surface area contributed by atoms with Crippen molar-refractivity contribution in [2.45, 2.75) is 50.1 Å². The summed E-state index contributed by atoms with van der Waals surface area (Å²) >= 11 is 0. The van der Waals surface area contributed by atoms with Crippen molar-refractivity contribution >= 4 is 5.91 Å². The Morgan fingerprint density at radius 2 is 1.75 bits per heavy atom. The monoisotopic (exact) mass is 377 g/mol. The number of nitrogens with two attached hydrogens (primary N) is 1. The van der Waals surface area contributed by atoms with Gasteiger partial charge in [0.1, 0.15) is 0 Å². The van der Waals surface area contributed by atoms with Gasteiger partial charge < -0.3 is 16.0 Å². The van der Waals surface area contributed by atoms with Crippen LogP contribution >= 0.6 is 0 Å². The molecule has 0 bridgehead atoms. The standard InChI is InChI=1S/C24H31N3O/c25-24(28)21-11-5-4-9-18(21)10-6-14-27-15-12-20(13-16-27)26-23-17-22(23)19-7-2-1-3-8-19/h1-5,7-9,11,20,22-23,26H,6,10,12-17H2,(H2,25,28). The number of carbonyl (C=O) groups excluding carboxylic acids is 1. The maximum absolute atomic E-state index is 11.5. The second-order valence-corrected chi connectivity index (χ2v) is 8.27. The number of benzene rings is 2. The summed E-state index contributed by atoms with van der Waals surface area (Å²) in [6.45, 7) is 3.42. The number of likely N-dealkylation sites (tertiary alicyclic amines) is 1. The highest BCUT2D eigenvalue weighted by molar-refractivity contribution is 5.94. The smallest absolute Gasteiger partial charge is 0.248 e. The largest absolute Gasteiger partial charge is 0.366 e. The number of piperidine rings is 1. The van der Waals surface area contributed by atoms with Crippen molar-refractivity contribution in [2.75, 3.05) is 19.6 Å². The summed E-state index contributed by atoms with van der Waals surface area (Å²) in [6.07, 6.45) is 5.73. The molecule has 0 radical (unpaired) electrons. The molecule has 2 atom stereocenters. The first-order valence-electron chi connectivity index (χ1n) is 10.6. The van der Waals surface area contributed by atoms with Crippen LogP contribution in [0.1, 0.15) is 53.1 Å². The molecule has 2 fully saturated rings. The normalized spacial score (nSPS) is 22.9. The second kappa shape index (κ2) is 8.89. The summed E-state index contributed by atoms with van der Waals surface area (Å²) in [7, 11) is 0. The number of carbonyl (C=O) groups is 1. The number of hydrogen-bond acceptors (Lipinski definition) is 3. The van der Waals surface area contributed by atoms with Crippen LogP contribution in [0, 0.1) is 0 Å². The van der Waals surface area contributed by atoms with E-state index >= 15 is 0 Å². The number of primary amides is 1. The van der Waals surface area contributed by atoms with E-state index in [0.717, 1.165) is 38.0 Å². The highest BCUT2D eigenvalue weighted by Crippen LogP contribution is 2.41. The van der Waals surface area contributed by atoms with E-state index in [1.54, 1.807) is 0 Å². The first-order valence-corrected chi connectivity index (χ1v) is 10.6. The van der Waals surface area contributed by atoms with Crippen LogP contribution < -0.4 is 11.1 Å². The maximum Gasteiger partial charge on any atom is 0.248 e. The predicted molar refractivity (Wildman–Crippen MR) is 113 cm³/mol. The molecule has 148 valence electrons. The van der Waals surface area contributed by atoms with E-state index in [9.17, 15) is 4.79 Å². The first-order chi connectivity index (χ1) is 13.7. The molecule has 2 aromatic rings. The molecule has 1 saturated carbocycles. The fourth-order valence-corrected chi connectivity index (χ4v) is 4.55. The lowest BCUT2D eigenvalue weighted by molar-refractivity contribution is 0.0999. The van der Waals surface area contributed by atoms with Gasteiger partial charge in [-0.2, -0.15) is 0 Å². The molecule has 1 heterocycles. The van der Waals surface area contributed by atoms with Gasteiger partial charge in [0.25, 0.3) is 0 Å². The molecule has 2 aromatic carbocycles. The Kier molecular flexibility index (Phi) is 6.08. The van der Waals surface area contributed by atoms with Gasteiger partial charge >= 0.3 is 0 Å². The van der Waals surface area contributed by atoms with E-state index < -0.39 is 0 Å². The Bertz CT molecular complexity index is 783. The van der Waals surface area contributed by atoms with Gasteiger partial charge in [0.15, 0.2) is 0 Å². The number of nitrogens with one attached hydrogen (secondary N) is 1. The minimum Gasteiger partial charge on any atom is -0.366 e. The highest BCUT2D eigenvalue weighted by atomic mass is 16.1. The van der Waals surface area contributed by atoms with Crippen LogP contribution in [0.15, 0.2) is 54.6 Å². The molecule has 1 saturated heterocycles. The summed E-state index contributed by atoms with van der Waals surface area (Å²) in [5.74, 6) is 0.390. The molecule has 3 N–H and O–H groups in total. The number of aryl methyl sites for hydroxylation is 1. The van der Waals surface area contributed by atoms with E-state index in [1.807, 2.05) is 24.3 Å². The van der Waals surface area contributed by atoms with E-state index in [1.165, 1.54) is 24.8 Å². The molecule has 1 amide bonds. The van der Waals surface area contributed by atoms with E-state index in [2.05, 4.69) is 40.5 Å². The van der Waals surface area contributed by atoms with Gasteiger partial charge in [-0.1, -0.05) is 48.5 Å². The molecule has 1 aliphatic heterocycles. The zero-order valence-corrected chi connectivity index (χ0v) is 16.5. The van der Waals surface area contributed by atoms with Crippen LogP contribution in [-0.2, 0) is 6.42 Å². The van der Waals surface area contributed by atoms with Crippen molar-refractivity contribution in [2.24, 2.45) is 5.73 Å². The average Bonchev–Trinajstić information content (AvgIpc) is 3.49.